The number of amides is 1. The minimum atomic E-state index is -0.0601. The lowest BCUT2D eigenvalue weighted by molar-refractivity contribution is -0.120. The maximum atomic E-state index is 12.0. The average Bonchev–Trinajstić information content (AvgIpc) is 2.86. The van der Waals surface area contributed by atoms with Crippen molar-refractivity contribution in [2.24, 2.45) is 0 Å². The molecule has 1 aromatic carbocycles. The zero-order valence-electron chi connectivity index (χ0n) is 13.6. The topological polar surface area (TPSA) is 58.4 Å². The van der Waals surface area contributed by atoms with Gasteiger partial charge in [0.1, 0.15) is 5.76 Å². The number of nitrogens with one attached hydrogen (secondary N) is 1. The van der Waals surface area contributed by atoms with Crippen molar-refractivity contribution in [2.45, 2.75) is 26.3 Å². The molecule has 1 aromatic heterocycles. The number of aryl methyl sites for hydroxylation is 2. The lowest BCUT2D eigenvalue weighted by Gasteiger charge is -2.25. The number of benzene rings is 1. The predicted molar refractivity (Wildman–Crippen MR) is 85.6 cm³/mol. The minimum Gasteiger partial charge on any atom is -0.361 e. The highest BCUT2D eigenvalue weighted by molar-refractivity contribution is 5.77. The molecule has 0 saturated carbocycles. The molecule has 0 bridgehead atoms. The van der Waals surface area contributed by atoms with E-state index < -0.39 is 0 Å². The Morgan fingerprint density at radius 2 is 1.95 bits per heavy atom. The molecule has 2 aromatic rings. The monoisotopic (exact) mass is 301 g/mol. The van der Waals surface area contributed by atoms with E-state index in [2.05, 4.69) is 46.6 Å². The Kier molecular flexibility index (Phi) is 5.33. The van der Waals surface area contributed by atoms with Crippen molar-refractivity contribution >= 4 is 5.91 Å². The lowest BCUT2D eigenvalue weighted by atomic mass is 10.0. The molecule has 0 saturated heterocycles. The van der Waals surface area contributed by atoms with E-state index in [9.17, 15) is 4.79 Å². The third-order valence-electron chi connectivity index (χ3n) is 3.59. The van der Waals surface area contributed by atoms with Crippen molar-refractivity contribution in [3.63, 3.8) is 0 Å². The molecule has 1 atom stereocenters. The molecule has 0 aliphatic carbocycles. The summed E-state index contributed by atoms with van der Waals surface area (Å²) in [4.78, 5) is 14.1. The molecule has 0 unspecified atom stereocenters. The summed E-state index contributed by atoms with van der Waals surface area (Å²) in [5.74, 6) is 0.529. The lowest BCUT2D eigenvalue weighted by Crippen LogP contribution is -2.35. The van der Waals surface area contributed by atoms with E-state index in [0.717, 1.165) is 5.69 Å². The van der Waals surface area contributed by atoms with E-state index in [4.69, 9.17) is 4.52 Å². The fourth-order valence-corrected chi connectivity index (χ4v) is 2.32. The van der Waals surface area contributed by atoms with Gasteiger partial charge in [0.05, 0.1) is 18.2 Å². The second-order valence-electron chi connectivity index (χ2n) is 5.81. The largest absolute Gasteiger partial charge is 0.361 e. The number of aromatic nitrogens is 1. The summed E-state index contributed by atoms with van der Waals surface area (Å²) in [7, 11) is 4.02. The van der Waals surface area contributed by atoms with Gasteiger partial charge in [0.15, 0.2) is 0 Å². The van der Waals surface area contributed by atoms with Gasteiger partial charge in [0.25, 0.3) is 0 Å². The van der Waals surface area contributed by atoms with E-state index in [1.807, 2.05) is 21.0 Å². The number of hydrogen-bond donors (Lipinski definition) is 1. The molecule has 2 rings (SSSR count). The highest BCUT2D eigenvalue weighted by atomic mass is 16.5. The van der Waals surface area contributed by atoms with Crippen LogP contribution in [0.4, 0.5) is 0 Å². The summed E-state index contributed by atoms with van der Waals surface area (Å²) in [6.45, 7) is 4.46. The van der Waals surface area contributed by atoms with Gasteiger partial charge in [-0.3, -0.25) is 4.79 Å². The van der Waals surface area contributed by atoms with Crippen LogP contribution in [0.5, 0.6) is 0 Å². The van der Waals surface area contributed by atoms with Crippen molar-refractivity contribution in [2.75, 3.05) is 20.6 Å². The molecule has 1 heterocycles. The zero-order valence-corrected chi connectivity index (χ0v) is 13.6. The molecule has 5 nitrogen and oxygen atoms in total. The molecule has 0 radical (unpaired) electrons. The molecule has 0 fully saturated rings. The Labute approximate surface area is 131 Å². The Morgan fingerprint density at radius 1 is 1.27 bits per heavy atom. The van der Waals surface area contributed by atoms with Gasteiger partial charge < -0.3 is 14.7 Å². The fraction of sp³-hybridized carbons (Fsp3) is 0.412. The maximum absolute atomic E-state index is 12.0. The summed E-state index contributed by atoms with van der Waals surface area (Å²) >= 11 is 0. The molecule has 1 amide bonds. The van der Waals surface area contributed by atoms with Gasteiger partial charge in [0.2, 0.25) is 5.91 Å². The molecule has 5 heteroatoms. The van der Waals surface area contributed by atoms with Crippen LogP contribution in [0, 0.1) is 13.8 Å². The van der Waals surface area contributed by atoms with E-state index in [0.29, 0.717) is 12.3 Å². The standard InChI is InChI=1S/C17H23N3O2/c1-12-5-7-14(8-6-12)16(20(3)4)11-18-17(21)10-15-9-13(2)19-22-15/h5-9,16H,10-11H2,1-4H3,(H,18,21)/t16-/m0/s1. The van der Waals surface area contributed by atoms with Crippen molar-refractivity contribution in [1.29, 1.82) is 0 Å². The molecular weight excluding hydrogens is 278 g/mol. The smallest absolute Gasteiger partial charge is 0.227 e. The Hall–Kier alpha value is -2.14. The minimum absolute atomic E-state index is 0.0601. The number of likely N-dealkylation sites (N-methyl/N-ethyl adjacent to an activating group) is 1. The molecule has 0 aliphatic heterocycles. The van der Waals surface area contributed by atoms with Gasteiger partial charge in [-0.15, -0.1) is 0 Å². The quantitative estimate of drug-likeness (QED) is 0.889. The molecule has 1 N–H and O–H groups in total. The summed E-state index contributed by atoms with van der Waals surface area (Å²) in [5.41, 5.74) is 3.20. The first-order chi connectivity index (χ1) is 10.5. The summed E-state index contributed by atoms with van der Waals surface area (Å²) in [5, 5.41) is 6.75. The van der Waals surface area contributed by atoms with Crippen molar-refractivity contribution < 1.29 is 9.32 Å². The number of carbonyl (C=O) groups is 1. The van der Waals surface area contributed by atoms with Crippen LogP contribution < -0.4 is 5.32 Å². The van der Waals surface area contributed by atoms with Gasteiger partial charge in [-0.25, -0.2) is 0 Å². The van der Waals surface area contributed by atoms with Crippen molar-refractivity contribution in [3.05, 3.63) is 52.9 Å². The van der Waals surface area contributed by atoms with Gasteiger partial charge in [-0.1, -0.05) is 35.0 Å². The average molecular weight is 301 g/mol. The van der Waals surface area contributed by atoms with Gasteiger partial charge in [-0.05, 0) is 33.5 Å². The first-order valence-corrected chi connectivity index (χ1v) is 7.37. The van der Waals surface area contributed by atoms with Crippen LogP contribution in [0.2, 0.25) is 0 Å². The van der Waals surface area contributed by atoms with Crippen LogP contribution in [-0.2, 0) is 11.2 Å². The Balaban J connectivity index is 1.94. The maximum Gasteiger partial charge on any atom is 0.227 e. The van der Waals surface area contributed by atoms with Crippen LogP contribution in [-0.4, -0.2) is 36.6 Å². The summed E-state index contributed by atoms with van der Waals surface area (Å²) in [6, 6.07) is 10.3. The third kappa shape index (κ3) is 4.43. The van der Waals surface area contributed by atoms with Crippen LogP contribution in [0.25, 0.3) is 0 Å². The Morgan fingerprint density at radius 3 is 2.50 bits per heavy atom. The fourth-order valence-electron chi connectivity index (χ4n) is 2.32. The van der Waals surface area contributed by atoms with Gasteiger partial charge in [-0.2, -0.15) is 0 Å². The van der Waals surface area contributed by atoms with Crippen LogP contribution in [0.15, 0.2) is 34.9 Å². The van der Waals surface area contributed by atoms with E-state index in [1.54, 1.807) is 6.07 Å². The molecule has 118 valence electrons. The molecular formula is C17H23N3O2. The second kappa shape index (κ2) is 7.22. The third-order valence-corrected chi connectivity index (χ3v) is 3.59. The molecule has 0 aliphatic rings. The van der Waals surface area contributed by atoms with Gasteiger partial charge >= 0.3 is 0 Å². The van der Waals surface area contributed by atoms with E-state index in [-0.39, 0.29) is 18.4 Å². The number of carbonyl (C=O) groups excluding carboxylic acids is 1. The van der Waals surface area contributed by atoms with E-state index in [1.165, 1.54) is 11.1 Å². The van der Waals surface area contributed by atoms with Crippen molar-refractivity contribution in [1.82, 2.24) is 15.4 Å². The Bertz CT molecular complexity index is 617. The van der Waals surface area contributed by atoms with Gasteiger partial charge in [0, 0.05) is 12.6 Å². The molecule has 22 heavy (non-hydrogen) atoms. The highest BCUT2D eigenvalue weighted by Gasteiger charge is 2.16. The first-order valence-electron chi connectivity index (χ1n) is 7.37. The summed E-state index contributed by atoms with van der Waals surface area (Å²) < 4.78 is 5.07. The van der Waals surface area contributed by atoms with Crippen LogP contribution in [0.1, 0.15) is 28.6 Å². The van der Waals surface area contributed by atoms with E-state index >= 15 is 0 Å². The van der Waals surface area contributed by atoms with Crippen LogP contribution in [0.3, 0.4) is 0 Å². The van der Waals surface area contributed by atoms with Crippen LogP contribution >= 0.6 is 0 Å². The molecule has 0 spiro atoms. The number of nitrogens with zero attached hydrogens (tertiary/aromatic N) is 2. The van der Waals surface area contributed by atoms with Crippen molar-refractivity contribution in [3.8, 4) is 0 Å². The summed E-state index contributed by atoms with van der Waals surface area (Å²) in [6.07, 6.45) is 0.217. The highest BCUT2D eigenvalue weighted by Crippen LogP contribution is 2.18. The SMILES string of the molecule is Cc1ccc([C@H](CNC(=O)Cc2cc(C)no2)N(C)C)cc1. The number of rotatable bonds is 6. The predicted octanol–water partition coefficient (Wildman–Crippen LogP) is 2.25. The second-order valence-corrected chi connectivity index (χ2v) is 5.81. The normalized spacial score (nSPS) is 12.4. The number of hydrogen-bond acceptors (Lipinski definition) is 4. The first kappa shape index (κ1) is 16.2. The zero-order chi connectivity index (χ0) is 16.1.